The Labute approximate surface area is 81.1 Å². The van der Waals surface area contributed by atoms with Gasteiger partial charge in [-0.15, -0.1) is 0 Å². The van der Waals surface area contributed by atoms with Crippen LogP contribution >= 0.6 is 0 Å². The van der Waals surface area contributed by atoms with Crippen LogP contribution in [0.5, 0.6) is 11.5 Å². The zero-order chi connectivity index (χ0) is 10.6. The standard InChI is InChI=1S/C10H10O4/c1-14-9-6-8(11)4-2-7(9)3-5-10(12)13/h2-6,11H,1H3,(H,12,13)/b5-3-. The molecule has 4 nitrogen and oxygen atoms in total. The molecule has 0 bridgehead atoms. The molecule has 0 saturated heterocycles. The van der Waals surface area contributed by atoms with Crippen LogP contribution in [0.2, 0.25) is 0 Å². The predicted octanol–water partition coefficient (Wildman–Crippen LogP) is 1.50. The highest BCUT2D eigenvalue weighted by atomic mass is 16.5. The van der Waals surface area contributed by atoms with Crippen LogP contribution in [0.15, 0.2) is 24.3 Å². The van der Waals surface area contributed by atoms with Crippen LogP contribution in [0.25, 0.3) is 6.08 Å². The highest BCUT2D eigenvalue weighted by Crippen LogP contribution is 2.24. The molecule has 0 radical (unpaired) electrons. The van der Waals surface area contributed by atoms with E-state index >= 15 is 0 Å². The van der Waals surface area contributed by atoms with Crippen molar-refractivity contribution < 1.29 is 19.7 Å². The molecule has 14 heavy (non-hydrogen) atoms. The monoisotopic (exact) mass is 194 g/mol. The van der Waals surface area contributed by atoms with Gasteiger partial charge in [-0.2, -0.15) is 0 Å². The summed E-state index contributed by atoms with van der Waals surface area (Å²) in [4.78, 5) is 10.3. The van der Waals surface area contributed by atoms with Gasteiger partial charge in [0.15, 0.2) is 0 Å². The van der Waals surface area contributed by atoms with Gasteiger partial charge in [-0.1, -0.05) is 0 Å². The van der Waals surface area contributed by atoms with Crippen molar-refractivity contribution >= 4 is 12.0 Å². The minimum Gasteiger partial charge on any atom is -0.508 e. The second-order valence-corrected chi connectivity index (χ2v) is 2.60. The number of rotatable bonds is 3. The molecular formula is C10H10O4. The molecule has 4 heteroatoms. The Morgan fingerprint density at radius 2 is 2.21 bits per heavy atom. The van der Waals surface area contributed by atoms with Gasteiger partial charge in [0.25, 0.3) is 0 Å². The lowest BCUT2D eigenvalue weighted by atomic mass is 10.2. The van der Waals surface area contributed by atoms with Gasteiger partial charge >= 0.3 is 5.97 Å². The molecule has 0 fully saturated rings. The van der Waals surface area contributed by atoms with E-state index in [0.717, 1.165) is 6.08 Å². The van der Waals surface area contributed by atoms with Crippen LogP contribution in [0.3, 0.4) is 0 Å². The van der Waals surface area contributed by atoms with Gasteiger partial charge in [-0.25, -0.2) is 4.79 Å². The number of phenolic OH excluding ortho intramolecular Hbond substituents is 1. The van der Waals surface area contributed by atoms with Gasteiger partial charge in [0.2, 0.25) is 0 Å². The number of phenols is 1. The van der Waals surface area contributed by atoms with Crippen LogP contribution < -0.4 is 4.74 Å². The molecule has 74 valence electrons. The molecule has 0 atom stereocenters. The van der Waals surface area contributed by atoms with E-state index in [2.05, 4.69) is 0 Å². The van der Waals surface area contributed by atoms with Crippen molar-refractivity contribution in [3.63, 3.8) is 0 Å². The molecule has 0 aromatic heterocycles. The van der Waals surface area contributed by atoms with Gasteiger partial charge in [0.1, 0.15) is 11.5 Å². The fraction of sp³-hybridized carbons (Fsp3) is 0.100. The van der Waals surface area contributed by atoms with Crippen molar-refractivity contribution in [2.75, 3.05) is 7.11 Å². The van der Waals surface area contributed by atoms with Gasteiger partial charge in [-0.3, -0.25) is 0 Å². The maximum atomic E-state index is 10.3. The lowest BCUT2D eigenvalue weighted by molar-refractivity contribution is -0.131. The highest BCUT2D eigenvalue weighted by molar-refractivity contribution is 5.85. The van der Waals surface area contributed by atoms with Crippen LogP contribution in [0, 0.1) is 0 Å². The lowest BCUT2D eigenvalue weighted by Crippen LogP contribution is -1.89. The largest absolute Gasteiger partial charge is 0.508 e. The molecule has 0 heterocycles. The third-order valence-electron chi connectivity index (χ3n) is 1.62. The van der Waals surface area contributed by atoms with E-state index < -0.39 is 5.97 Å². The summed E-state index contributed by atoms with van der Waals surface area (Å²) in [5, 5.41) is 17.5. The molecule has 1 aromatic carbocycles. The fourth-order valence-electron chi connectivity index (χ4n) is 0.999. The van der Waals surface area contributed by atoms with E-state index in [9.17, 15) is 4.79 Å². The summed E-state index contributed by atoms with van der Waals surface area (Å²) in [5.41, 5.74) is 0.604. The topological polar surface area (TPSA) is 66.8 Å². The first kappa shape index (κ1) is 10.1. The summed E-state index contributed by atoms with van der Waals surface area (Å²) in [6.07, 6.45) is 2.41. The van der Waals surface area contributed by atoms with E-state index in [1.54, 1.807) is 6.07 Å². The molecular weight excluding hydrogens is 184 g/mol. The Kier molecular flexibility index (Phi) is 3.12. The van der Waals surface area contributed by atoms with Crippen molar-refractivity contribution in [1.82, 2.24) is 0 Å². The highest BCUT2D eigenvalue weighted by Gasteiger charge is 2.00. The van der Waals surface area contributed by atoms with Gasteiger partial charge < -0.3 is 14.9 Å². The molecule has 0 unspecified atom stereocenters. The third-order valence-corrected chi connectivity index (χ3v) is 1.62. The van der Waals surface area contributed by atoms with E-state index in [0.29, 0.717) is 11.3 Å². The van der Waals surface area contributed by atoms with Gasteiger partial charge in [0, 0.05) is 17.7 Å². The first-order valence-corrected chi connectivity index (χ1v) is 3.91. The third kappa shape index (κ3) is 2.52. The van der Waals surface area contributed by atoms with Crippen molar-refractivity contribution in [1.29, 1.82) is 0 Å². The van der Waals surface area contributed by atoms with Crippen molar-refractivity contribution in [3.05, 3.63) is 29.8 Å². The average molecular weight is 194 g/mol. The normalized spacial score (nSPS) is 10.4. The molecule has 0 aliphatic carbocycles. The van der Waals surface area contributed by atoms with Crippen molar-refractivity contribution in [2.45, 2.75) is 0 Å². The molecule has 1 rings (SSSR count). The van der Waals surface area contributed by atoms with Crippen LogP contribution in [-0.2, 0) is 4.79 Å². The second kappa shape index (κ2) is 4.32. The minimum absolute atomic E-state index is 0.0781. The number of ether oxygens (including phenoxy) is 1. The number of carboxylic acids is 1. The fourth-order valence-corrected chi connectivity index (χ4v) is 0.999. The zero-order valence-corrected chi connectivity index (χ0v) is 7.60. The number of aromatic hydroxyl groups is 1. The number of methoxy groups -OCH3 is 1. The van der Waals surface area contributed by atoms with Crippen LogP contribution in [0.1, 0.15) is 5.56 Å². The Hall–Kier alpha value is -1.97. The molecule has 1 aromatic rings. The minimum atomic E-state index is -1.03. The SMILES string of the molecule is COc1cc(O)ccc1/C=C\C(=O)O. The number of carboxylic acid groups (broad SMARTS) is 1. The maximum Gasteiger partial charge on any atom is 0.328 e. The second-order valence-electron chi connectivity index (χ2n) is 2.60. The predicted molar refractivity (Wildman–Crippen MR) is 51.3 cm³/mol. The van der Waals surface area contributed by atoms with Gasteiger partial charge in [-0.05, 0) is 18.2 Å². The summed E-state index contributed by atoms with van der Waals surface area (Å²) in [6.45, 7) is 0. The van der Waals surface area contributed by atoms with Crippen molar-refractivity contribution in [2.24, 2.45) is 0 Å². The quantitative estimate of drug-likeness (QED) is 0.715. The number of benzene rings is 1. The zero-order valence-electron chi connectivity index (χ0n) is 7.60. The first-order chi connectivity index (χ1) is 6.63. The number of carbonyl (C=O) groups is 1. The number of hydrogen-bond donors (Lipinski definition) is 2. The Morgan fingerprint density at radius 1 is 1.50 bits per heavy atom. The van der Waals surface area contributed by atoms with Crippen LogP contribution in [0.4, 0.5) is 0 Å². The summed E-state index contributed by atoms with van der Waals surface area (Å²) >= 11 is 0. The van der Waals surface area contributed by atoms with E-state index in [-0.39, 0.29) is 5.75 Å². The molecule has 0 aliphatic rings. The van der Waals surface area contributed by atoms with Crippen molar-refractivity contribution in [3.8, 4) is 11.5 Å². The van der Waals surface area contributed by atoms with E-state index in [1.165, 1.54) is 25.3 Å². The molecule has 0 aliphatic heterocycles. The first-order valence-electron chi connectivity index (χ1n) is 3.91. The molecule has 0 spiro atoms. The number of hydrogen-bond acceptors (Lipinski definition) is 3. The molecule has 0 saturated carbocycles. The lowest BCUT2D eigenvalue weighted by Gasteiger charge is -2.04. The summed E-state index contributed by atoms with van der Waals surface area (Å²) in [7, 11) is 1.45. The van der Waals surface area contributed by atoms with Crippen LogP contribution in [-0.4, -0.2) is 23.3 Å². The Balaban J connectivity index is 3.02. The molecule has 0 amide bonds. The maximum absolute atomic E-state index is 10.3. The summed E-state index contributed by atoms with van der Waals surface area (Å²) in [5.74, 6) is -0.517. The van der Waals surface area contributed by atoms with E-state index in [1.807, 2.05) is 0 Å². The average Bonchev–Trinajstić information content (AvgIpc) is 2.15. The smallest absolute Gasteiger partial charge is 0.328 e. The number of aliphatic carboxylic acids is 1. The summed E-state index contributed by atoms with van der Waals surface area (Å²) in [6, 6.07) is 4.46. The summed E-state index contributed by atoms with van der Waals surface area (Å²) < 4.78 is 4.95. The van der Waals surface area contributed by atoms with E-state index in [4.69, 9.17) is 14.9 Å². The Morgan fingerprint density at radius 3 is 2.79 bits per heavy atom. The van der Waals surface area contributed by atoms with Gasteiger partial charge in [0.05, 0.1) is 7.11 Å². The molecule has 2 N–H and O–H groups in total. The Bertz CT molecular complexity index is 368.